The van der Waals surface area contributed by atoms with Gasteiger partial charge in [0.15, 0.2) is 0 Å². The van der Waals surface area contributed by atoms with Crippen molar-refractivity contribution < 1.29 is 18.3 Å². The lowest BCUT2D eigenvalue weighted by atomic mass is 9.91. The lowest BCUT2D eigenvalue weighted by molar-refractivity contribution is -0.147. The van der Waals surface area contributed by atoms with Crippen molar-refractivity contribution >= 4 is 15.8 Å². The van der Waals surface area contributed by atoms with Crippen LogP contribution in [0.5, 0.6) is 0 Å². The molecule has 0 spiro atoms. The number of carbonyl (C=O) groups is 1. The van der Waals surface area contributed by atoms with Crippen molar-refractivity contribution in [1.82, 2.24) is 10.2 Å². The van der Waals surface area contributed by atoms with Gasteiger partial charge in [0.25, 0.3) is 0 Å². The third-order valence-electron chi connectivity index (χ3n) is 3.57. The standard InChI is InChI=1S/C13H26N2O4S/c1-10(2)14-13(12(16)17,11-5-6-11)9-15(3)7-8-20(4,18)19/h10-11,14H,5-9H2,1-4H3,(H,16,17). The van der Waals surface area contributed by atoms with E-state index in [1.54, 1.807) is 11.9 Å². The van der Waals surface area contributed by atoms with Crippen LogP contribution in [-0.2, 0) is 14.6 Å². The summed E-state index contributed by atoms with van der Waals surface area (Å²) in [5, 5.41) is 12.8. The SMILES string of the molecule is CC(C)NC(CN(C)CCS(C)(=O)=O)(C(=O)O)C1CC1. The van der Waals surface area contributed by atoms with Gasteiger partial charge >= 0.3 is 5.97 Å². The summed E-state index contributed by atoms with van der Waals surface area (Å²) >= 11 is 0. The van der Waals surface area contributed by atoms with E-state index in [-0.39, 0.29) is 17.7 Å². The second-order valence-electron chi connectivity index (χ2n) is 6.22. The molecule has 0 aromatic carbocycles. The van der Waals surface area contributed by atoms with Gasteiger partial charge in [0, 0.05) is 25.4 Å². The first-order chi connectivity index (χ1) is 9.07. The molecule has 2 N–H and O–H groups in total. The molecule has 7 heteroatoms. The highest BCUT2D eigenvalue weighted by atomic mass is 32.2. The molecule has 1 aliphatic carbocycles. The Labute approximate surface area is 121 Å². The highest BCUT2D eigenvalue weighted by Crippen LogP contribution is 2.40. The summed E-state index contributed by atoms with van der Waals surface area (Å²) < 4.78 is 22.4. The molecule has 6 nitrogen and oxygen atoms in total. The Hall–Kier alpha value is -0.660. The molecule has 0 amide bonds. The Bertz CT molecular complexity index is 445. The minimum Gasteiger partial charge on any atom is -0.480 e. The van der Waals surface area contributed by atoms with Gasteiger partial charge in [-0.05, 0) is 39.7 Å². The molecule has 0 aromatic rings. The number of carboxylic acids is 1. The Kier molecular flexibility index (Phi) is 5.57. The minimum absolute atomic E-state index is 0.0472. The number of hydrogen-bond donors (Lipinski definition) is 2. The fraction of sp³-hybridized carbons (Fsp3) is 0.923. The Morgan fingerprint density at radius 3 is 2.35 bits per heavy atom. The number of aliphatic carboxylic acids is 1. The molecule has 0 heterocycles. The molecular weight excluding hydrogens is 280 g/mol. The molecule has 1 unspecified atom stereocenters. The van der Waals surface area contributed by atoms with Crippen LogP contribution >= 0.6 is 0 Å². The van der Waals surface area contributed by atoms with E-state index in [9.17, 15) is 18.3 Å². The third-order valence-corrected chi connectivity index (χ3v) is 4.49. The molecule has 0 saturated heterocycles. The van der Waals surface area contributed by atoms with E-state index in [1.807, 2.05) is 13.8 Å². The average Bonchev–Trinajstić information content (AvgIpc) is 3.07. The maximum Gasteiger partial charge on any atom is 0.325 e. The first-order valence-corrected chi connectivity index (χ1v) is 9.00. The zero-order chi connectivity index (χ0) is 15.6. The third kappa shape index (κ3) is 5.03. The molecule has 0 bridgehead atoms. The monoisotopic (exact) mass is 306 g/mol. The van der Waals surface area contributed by atoms with Gasteiger partial charge < -0.3 is 10.0 Å². The van der Waals surface area contributed by atoms with Gasteiger partial charge in [0.1, 0.15) is 15.4 Å². The molecule has 1 rings (SSSR count). The van der Waals surface area contributed by atoms with E-state index in [1.165, 1.54) is 6.26 Å². The Morgan fingerprint density at radius 2 is 2.00 bits per heavy atom. The number of sulfone groups is 1. The predicted molar refractivity (Wildman–Crippen MR) is 78.6 cm³/mol. The van der Waals surface area contributed by atoms with Gasteiger partial charge in [-0.1, -0.05) is 0 Å². The summed E-state index contributed by atoms with van der Waals surface area (Å²) in [6.07, 6.45) is 3.01. The van der Waals surface area contributed by atoms with Crippen LogP contribution in [0.25, 0.3) is 0 Å². The van der Waals surface area contributed by atoms with Crippen LogP contribution in [0, 0.1) is 5.92 Å². The number of nitrogens with zero attached hydrogens (tertiary/aromatic N) is 1. The number of hydrogen-bond acceptors (Lipinski definition) is 5. The molecule has 1 fully saturated rings. The van der Waals surface area contributed by atoms with E-state index in [0.717, 1.165) is 12.8 Å². The molecule has 0 aromatic heterocycles. The fourth-order valence-corrected chi connectivity index (χ4v) is 3.16. The summed E-state index contributed by atoms with van der Waals surface area (Å²) in [4.78, 5) is 13.6. The molecule has 1 aliphatic rings. The number of nitrogens with one attached hydrogen (secondary N) is 1. The molecule has 118 valence electrons. The summed E-state index contributed by atoms with van der Waals surface area (Å²) in [6.45, 7) is 4.52. The molecule has 20 heavy (non-hydrogen) atoms. The van der Waals surface area contributed by atoms with Gasteiger partial charge in [-0.2, -0.15) is 0 Å². The predicted octanol–water partition coefficient (Wildman–Crippen LogP) is 0.194. The maximum atomic E-state index is 11.8. The number of rotatable bonds is 9. The first kappa shape index (κ1) is 17.4. The fourth-order valence-electron chi connectivity index (χ4n) is 2.51. The van der Waals surface area contributed by atoms with E-state index >= 15 is 0 Å². The van der Waals surface area contributed by atoms with Crippen LogP contribution < -0.4 is 5.32 Å². The second-order valence-corrected chi connectivity index (χ2v) is 8.48. The van der Waals surface area contributed by atoms with Crippen LogP contribution in [0.15, 0.2) is 0 Å². The first-order valence-electron chi connectivity index (χ1n) is 6.94. The van der Waals surface area contributed by atoms with Crippen molar-refractivity contribution in [1.29, 1.82) is 0 Å². The largest absolute Gasteiger partial charge is 0.480 e. The van der Waals surface area contributed by atoms with Crippen molar-refractivity contribution in [2.75, 3.05) is 32.1 Å². The normalized spacial score (nSPS) is 19.3. The molecule has 0 radical (unpaired) electrons. The molecule has 0 aliphatic heterocycles. The quantitative estimate of drug-likeness (QED) is 0.632. The van der Waals surface area contributed by atoms with Crippen LogP contribution in [-0.4, -0.2) is 68.1 Å². The summed E-state index contributed by atoms with van der Waals surface area (Å²) in [6, 6.07) is 0.0648. The zero-order valence-electron chi connectivity index (χ0n) is 12.7. The molecule has 1 atom stereocenters. The number of likely N-dealkylation sites (N-methyl/N-ethyl adjacent to an activating group) is 1. The van der Waals surface area contributed by atoms with Gasteiger partial charge in [-0.25, -0.2) is 8.42 Å². The molecular formula is C13H26N2O4S. The highest BCUT2D eigenvalue weighted by molar-refractivity contribution is 7.90. The van der Waals surface area contributed by atoms with Crippen LogP contribution in [0.2, 0.25) is 0 Å². The number of carboxylic acid groups (broad SMARTS) is 1. The Morgan fingerprint density at radius 1 is 1.45 bits per heavy atom. The van der Waals surface area contributed by atoms with Crippen LogP contribution in [0.1, 0.15) is 26.7 Å². The highest BCUT2D eigenvalue weighted by Gasteiger charge is 2.51. The maximum absolute atomic E-state index is 11.8. The van der Waals surface area contributed by atoms with E-state index in [0.29, 0.717) is 13.1 Å². The zero-order valence-corrected chi connectivity index (χ0v) is 13.5. The van der Waals surface area contributed by atoms with Gasteiger partial charge in [-0.3, -0.25) is 10.1 Å². The summed E-state index contributed by atoms with van der Waals surface area (Å²) in [5.41, 5.74) is -0.972. The summed E-state index contributed by atoms with van der Waals surface area (Å²) in [5.74, 6) is -0.672. The second kappa shape index (κ2) is 6.41. The smallest absolute Gasteiger partial charge is 0.325 e. The van der Waals surface area contributed by atoms with Crippen molar-refractivity contribution in [2.24, 2.45) is 5.92 Å². The minimum atomic E-state index is -3.03. The van der Waals surface area contributed by atoms with E-state index in [4.69, 9.17) is 0 Å². The van der Waals surface area contributed by atoms with Crippen molar-refractivity contribution in [2.45, 2.75) is 38.3 Å². The molecule has 1 saturated carbocycles. The van der Waals surface area contributed by atoms with Crippen molar-refractivity contribution in [3.8, 4) is 0 Å². The van der Waals surface area contributed by atoms with E-state index < -0.39 is 21.3 Å². The van der Waals surface area contributed by atoms with Crippen LogP contribution in [0.4, 0.5) is 0 Å². The average molecular weight is 306 g/mol. The van der Waals surface area contributed by atoms with Gasteiger partial charge in [0.05, 0.1) is 5.75 Å². The van der Waals surface area contributed by atoms with Gasteiger partial charge in [0.2, 0.25) is 0 Å². The lowest BCUT2D eigenvalue weighted by Gasteiger charge is -2.36. The van der Waals surface area contributed by atoms with E-state index in [2.05, 4.69) is 5.32 Å². The summed E-state index contributed by atoms with van der Waals surface area (Å²) in [7, 11) is -1.26. The lowest BCUT2D eigenvalue weighted by Crippen LogP contribution is -2.62. The Balaban J connectivity index is 2.76. The topological polar surface area (TPSA) is 86.7 Å². The van der Waals surface area contributed by atoms with Crippen molar-refractivity contribution in [3.05, 3.63) is 0 Å². The van der Waals surface area contributed by atoms with Gasteiger partial charge in [-0.15, -0.1) is 0 Å². The van der Waals surface area contributed by atoms with Crippen molar-refractivity contribution in [3.63, 3.8) is 0 Å². The van der Waals surface area contributed by atoms with Crippen LogP contribution in [0.3, 0.4) is 0 Å².